The number of aromatic nitrogens is 4. The Morgan fingerprint density at radius 3 is 1.32 bits per heavy atom. The van der Waals surface area contributed by atoms with E-state index in [1.165, 1.54) is 0 Å². The molecular formula is C28H34N6O6. The van der Waals surface area contributed by atoms with Gasteiger partial charge in [-0.05, 0) is 49.2 Å². The van der Waals surface area contributed by atoms with Crippen molar-refractivity contribution in [2.75, 3.05) is 38.1 Å². The summed E-state index contributed by atoms with van der Waals surface area (Å²) in [5.41, 5.74) is 2.75. The van der Waals surface area contributed by atoms with Crippen LogP contribution in [0.25, 0.3) is 11.0 Å². The molecule has 0 amide bonds. The molecule has 2 aromatic carbocycles. The van der Waals surface area contributed by atoms with Crippen LogP contribution in [-0.2, 0) is 13.1 Å². The van der Waals surface area contributed by atoms with Gasteiger partial charge >= 0.3 is 12.0 Å². The molecule has 4 N–H and O–H groups in total. The molecule has 12 nitrogen and oxygen atoms in total. The fourth-order valence-corrected chi connectivity index (χ4v) is 3.60. The van der Waals surface area contributed by atoms with Gasteiger partial charge in [0.15, 0.2) is 11.6 Å². The highest BCUT2D eigenvalue weighted by molar-refractivity contribution is 5.93. The van der Waals surface area contributed by atoms with E-state index in [9.17, 15) is 10.2 Å². The zero-order valence-electron chi connectivity index (χ0n) is 22.9. The fourth-order valence-electron chi connectivity index (χ4n) is 3.60. The Morgan fingerprint density at radius 1 is 0.625 bits per heavy atom. The van der Waals surface area contributed by atoms with E-state index in [0.717, 1.165) is 22.6 Å². The van der Waals surface area contributed by atoms with E-state index < -0.39 is 12.2 Å². The summed E-state index contributed by atoms with van der Waals surface area (Å²) in [4.78, 5) is 18.1. The Hall–Kier alpha value is -4.42. The highest BCUT2D eigenvalue weighted by atomic mass is 16.5. The predicted octanol–water partition coefficient (Wildman–Crippen LogP) is 3.18. The number of rotatable bonds is 14. The number of ether oxygens (including phenoxy) is 4. The average molecular weight is 551 g/mol. The van der Waals surface area contributed by atoms with E-state index in [1.807, 2.05) is 48.5 Å². The first kappa shape index (κ1) is 28.6. The minimum absolute atomic E-state index is 0.00841. The molecule has 0 fully saturated rings. The lowest BCUT2D eigenvalue weighted by molar-refractivity contribution is 0.116. The Balaban J connectivity index is 1.72. The summed E-state index contributed by atoms with van der Waals surface area (Å²) < 4.78 is 21.8. The lowest BCUT2D eigenvalue weighted by Crippen LogP contribution is -2.17. The van der Waals surface area contributed by atoms with Crippen LogP contribution in [0.2, 0.25) is 0 Å². The van der Waals surface area contributed by atoms with Gasteiger partial charge in [-0.2, -0.15) is 19.9 Å². The summed E-state index contributed by atoms with van der Waals surface area (Å²) >= 11 is 0. The third-order valence-corrected chi connectivity index (χ3v) is 5.65. The van der Waals surface area contributed by atoms with E-state index in [1.54, 1.807) is 28.1 Å². The lowest BCUT2D eigenvalue weighted by Gasteiger charge is -2.16. The zero-order chi connectivity index (χ0) is 28.5. The summed E-state index contributed by atoms with van der Waals surface area (Å²) in [5, 5.41) is 26.1. The second-order valence-corrected chi connectivity index (χ2v) is 9.13. The van der Waals surface area contributed by atoms with Gasteiger partial charge in [0, 0.05) is 13.1 Å². The molecular weight excluding hydrogens is 516 g/mol. The average Bonchev–Trinajstić information content (AvgIpc) is 2.97. The summed E-state index contributed by atoms with van der Waals surface area (Å²) in [6, 6.07) is 15.4. The molecule has 2 aromatic heterocycles. The molecule has 212 valence electrons. The smallest absolute Gasteiger partial charge is 0.319 e. The zero-order valence-corrected chi connectivity index (χ0v) is 22.9. The second kappa shape index (κ2) is 13.6. The number of nitrogens with zero attached hydrogens (tertiary/aromatic N) is 4. The number of nitrogens with one attached hydrogen (secondary N) is 2. The molecule has 0 radical (unpaired) electrons. The predicted molar refractivity (Wildman–Crippen MR) is 150 cm³/mol. The molecule has 0 aliphatic carbocycles. The molecule has 0 unspecified atom stereocenters. The molecule has 0 aliphatic heterocycles. The quantitative estimate of drug-likeness (QED) is 0.182. The van der Waals surface area contributed by atoms with Gasteiger partial charge in [-0.15, -0.1) is 0 Å². The van der Waals surface area contributed by atoms with Gasteiger partial charge in [0.2, 0.25) is 0 Å². The molecule has 2 heterocycles. The Morgan fingerprint density at radius 2 is 1.00 bits per heavy atom. The van der Waals surface area contributed by atoms with Crippen molar-refractivity contribution in [1.82, 2.24) is 19.9 Å². The molecule has 2 atom stereocenters. The van der Waals surface area contributed by atoms with Crippen molar-refractivity contribution in [3.05, 3.63) is 59.7 Å². The highest BCUT2D eigenvalue weighted by Gasteiger charge is 2.18. The molecule has 0 spiro atoms. The number of hydrogen-bond acceptors (Lipinski definition) is 12. The molecule has 0 saturated carbocycles. The van der Waals surface area contributed by atoms with Gasteiger partial charge < -0.3 is 39.8 Å². The van der Waals surface area contributed by atoms with Gasteiger partial charge in [0.1, 0.15) is 35.7 Å². The van der Waals surface area contributed by atoms with Gasteiger partial charge in [-0.25, -0.2) is 0 Å². The van der Waals surface area contributed by atoms with Crippen LogP contribution < -0.4 is 29.6 Å². The number of aliphatic hydroxyl groups excluding tert-OH is 2. The van der Waals surface area contributed by atoms with Gasteiger partial charge in [-0.1, -0.05) is 24.3 Å². The SMILES string of the molecule is COc1ccc(CNc2nc(OC[C@H](C)O)nc3c(NCc4ccc(OC)cc4)nc(OC[C@H](C)O)nc23)cc1. The number of methoxy groups -OCH3 is 2. The molecule has 12 heteroatoms. The minimum Gasteiger partial charge on any atom is -0.497 e. The summed E-state index contributed by atoms with van der Waals surface area (Å²) in [6.07, 6.45) is -1.43. The molecule has 0 aliphatic rings. The van der Waals surface area contributed by atoms with Crippen LogP contribution in [-0.4, -0.2) is 69.8 Å². The normalized spacial score (nSPS) is 12.4. The van der Waals surface area contributed by atoms with Crippen molar-refractivity contribution in [3.63, 3.8) is 0 Å². The van der Waals surface area contributed by atoms with Gasteiger partial charge in [-0.3, -0.25) is 0 Å². The minimum atomic E-state index is -0.713. The maximum Gasteiger partial charge on any atom is 0.319 e. The van der Waals surface area contributed by atoms with Crippen molar-refractivity contribution in [3.8, 4) is 23.5 Å². The maximum atomic E-state index is 9.74. The molecule has 4 rings (SSSR count). The molecule has 4 aromatic rings. The van der Waals surface area contributed by atoms with Crippen molar-refractivity contribution < 1.29 is 29.2 Å². The Bertz CT molecular complexity index is 1280. The summed E-state index contributed by atoms with van der Waals surface area (Å²) in [5.74, 6) is 2.28. The Labute approximate surface area is 232 Å². The van der Waals surface area contributed by atoms with Crippen LogP contribution in [0.4, 0.5) is 11.6 Å². The summed E-state index contributed by atoms with van der Waals surface area (Å²) in [6.45, 7) is 4.09. The van der Waals surface area contributed by atoms with Crippen molar-refractivity contribution in [1.29, 1.82) is 0 Å². The van der Waals surface area contributed by atoms with E-state index in [2.05, 4.69) is 30.6 Å². The fraction of sp³-hybridized carbons (Fsp3) is 0.357. The van der Waals surface area contributed by atoms with Crippen LogP contribution in [0.1, 0.15) is 25.0 Å². The number of aliphatic hydroxyl groups is 2. The molecule has 0 saturated heterocycles. The van der Waals surface area contributed by atoms with Crippen LogP contribution in [0.3, 0.4) is 0 Å². The second-order valence-electron chi connectivity index (χ2n) is 9.13. The first-order chi connectivity index (χ1) is 19.3. The molecule has 0 bridgehead atoms. The highest BCUT2D eigenvalue weighted by Crippen LogP contribution is 2.29. The summed E-state index contributed by atoms with van der Waals surface area (Å²) in [7, 11) is 3.23. The van der Waals surface area contributed by atoms with Gasteiger partial charge in [0.25, 0.3) is 0 Å². The van der Waals surface area contributed by atoms with E-state index in [-0.39, 0.29) is 25.2 Å². The monoisotopic (exact) mass is 550 g/mol. The first-order valence-electron chi connectivity index (χ1n) is 12.8. The standard InChI is InChI=1S/C28H34N6O6/c1-17(35)15-39-27-31-23-24(25(33-27)29-13-19-5-9-21(37-3)10-6-19)32-28(40-16-18(2)36)34-26(23)30-14-20-7-11-22(38-4)12-8-20/h5-12,17-18,35-36H,13-16H2,1-4H3,(H,29,31,33)(H,30,32,34)/t17-,18-/m0/s1. The Kier molecular flexibility index (Phi) is 9.71. The van der Waals surface area contributed by atoms with Gasteiger partial charge in [0.05, 0.1) is 26.4 Å². The number of fused-ring (bicyclic) bond motifs is 1. The third-order valence-electron chi connectivity index (χ3n) is 5.65. The third kappa shape index (κ3) is 7.80. The van der Waals surface area contributed by atoms with E-state index >= 15 is 0 Å². The van der Waals surface area contributed by atoms with E-state index in [4.69, 9.17) is 18.9 Å². The first-order valence-corrected chi connectivity index (χ1v) is 12.8. The lowest BCUT2D eigenvalue weighted by atomic mass is 10.2. The van der Waals surface area contributed by atoms with Crippen molar-refractivity contribution in [2.24, 2.45) is 0 Å². The number of benzene rings is 2. The van der Waals surface area contributed by atoms with Crippen LogP contribution in [0.5, 0.6) is 23.5 Å². The number of anilines is 2. The van der Waals surface area contributed by atoms with Crippen molar-refractivity contribution in [2.45, 2.75) is 39.1 Å². The van der Waals surface area contributed by atoms with Crippen molar-refractivity contribution >= 4 is 22.7 Å². The largest absolute Gasteiger partial charge is 0.497 e. The van der Waals surface area contributed by atoms with Crippen LogP contribution in [0.15, 0.2) is 48.5 Å². The van der Waals surface area contributed by atoms with E-state index in [0.29, 0.717) is 35.8 Å². The van der Waals surface area contributed by atoms with Crippen LogP contribution in [0, 0.1) is 0 Å². The topological polar surface area (TPSA) is 153 Å². The molecule has 40 heavy (non-hydrogen) atoms. The maximum absolute atomic E-state index is 9.74. The number of hydrogen-bond donors (Lipinski definition) is 4. The van der Waals surface area contributed by atoms with Crippen LogP contribution >= 0.6 is 0 Å².